The summed E-state index contributed by atoms with van der Waals surface area (Å²) in [6, 6.07) is 14.0. The van der Waals surface area contributed by atoms with Crippen LogP contribution in [-0.2, 0) is 35.1 Å². The number of allylic oxidation sites excluding steroid dienone is 2. The second kappa shape index (κ2) is 20.1. The van der Waals surface area contributed by atoms with E-state index in [-0.39, 0.29) is 145 Å². The van der Waals surface area contributed by atoms with E-state index < -0.39 is 68.2 Å². The van der Waals surface area contributed by atoms with Crippen LogP contribution < -0.4 is 114 Å². The maximum atomic E-state index is 13.7. The minimum Gasteiger partial charge on any atom is -0.744 e. The molecule has 0 aromatic heterocycles. The molecule has 0 heterocycles. The number of carbonyl (C=O) groups excluding carboxylic acids is 3. The van der Waals surface area contributed by atoms with Crippen molar-refractivity contribution in [3.8, 4) is 11.5 Å². The number of hydrazone groups is 2. The Morgan fingerprint density at radius 3 is 1.72 bits per heavy atom. The first-order valence-corrected chi connectivity index (χ1v) is 20.0. The molecule has 3 N–H and O–H groups in total. The van der Waals surface area contributed by atoms with Gasteiger partial charge in [-0.25, -0.2) is 25.3 Å². The number of carbonyl (C=O) groups is 3. The van der Waals surface area contributed by atoms with Crippen LogP contribution in [0.15, 0.2) is 104 Å². The Bertz CT molecular complexity index is 2880. The summed E-state index contributed by atoms with van der Waals surface area (Å²) < 4.78 is 117. The van der Waals surface area contributed by atoms with Gasteiger partial charge in [0.2, 0.25) is 11.6 Å². The molecule has 0 aliphatic heterocycles. The SMILES string of the molecule is COc1cc(NN=C2C(=O)C=Cc3ccc(S(=O)(=O)[O-])cc32)c(OC)cc1NN=C1C(=O)c2cccc(NC(=O)c3ccc(S(=O)(=O)[O-])cc3)c2C=C1S(=O)(=O)[O-].[Na+].[Na+].[Na+]. The topological polar surface area (TPSA) is 302 Å². The Kier molecular flexibility index (Phi) is 17.0. The van der Waals surface area contributed by atoms with Crippen LogP contribution in [0.1, 0.15) is 37.4 Å². The van der Waals surface area contributed by atoms with E-state index in [1.54, 1.807) is 0 Å². The standard InChI is InChI=1S/C35H27N5O14S3.3Na/c1-53-29-17-27(30(54-2)16-26(29)37-39-32-23-14-21(56(47,48)49)12-6-18(23)9-13-28(32)41)38-40-33-31(57(50,51)52)15-24-22(34(33)42)4-3-5-25(24)36-35(43)19-7-10-20(11-8-19)55(44,45)46;;;/h3-17,37-38H,1-2H3,(H,36,43)(H,44,45,46)(H,47,48,49)(H,50,51,52);;;/q;3*+1/p-3. The van der Waals surface area contributed by atoms with Gasteiger partial charge in [-0.3, -0.25) is 25.2 Å². The number of fused-ring (bicyclic) bond motifs is 2. The Morgan fingerprint density at radius 2 is 1.18 bits per heavy atom. The molecule has 2 aliphatic rings. The van der Waals surface area contributed by atoms with Crippen LogP contribution in [0.25, 0.3) is 12.2 Å². The molecule has 1 amide bonds. The third-order valence-corrected chi connectivity index (χ3v) is 10.8. The van der Waals surface area contributed by atoms with Crippen molar-refractivity contribution in [1.29, 1.82) is 0 Å². The zero-order valence-corrected chi connectivity index (χ0v) is 40.4. The summed E-state index contributed by atoms with van der Waals surface area (Å²) in [7, 11) is -12.5. The van der Waals surface area contributed by atoms with Crippen molar-refractivity contribution in [2.24, 2.45) is 10.2 Å². The molecular weight excluding hydrogens is 880 g/mol. The number of hydrogen-bond donors (Lipinski definition) is 3. The first-order chi connectivity index (χ1) is 26.8. The number of amides is 1. The van der Waals surface area contributed by atoms with Crippen molar-refractivity contribution in [2.45, 2.75) is 9.79 Å². The number of rotatable bonds is 11. The van der Waals surface area contributed by atoms with Crippen LogP contribution in [0.2, 0.25) is 0 Å². The normalized spacial score (nSPS) is 14.7. The Hall–Kier alpha value is -3.56. The van der Waals surface area contributed by atoms with Gasteiger partial charge in [-0.1, -0.05) is 24.3 Å². The summed E-state index contributed by atoms with van der Waals surface area (Å²) in [6.45, 7) is 0. The van der Waals surface area contributed by atoms with Crippen LogP contribution in [0.5, 0.6) is 11.5 Å². The first-order valence-electron chi connectivity index (χ1n) is 15.8. The van der Waals surface area contributed by atoms with E-state index in [0.717, 1.165) is 42.5 Å². The molecule has 0 fully saturated rings. The molecule has 0 unspecified atom stereocenters. The maximum Gasteiger partial charge on any atom is 1.00 e. The first kappa shape index (κ1) is 50.8. The van der Waals surface area contributed by atoms with Gasteiger partial charge in [0.05, 0.1) is 28.9 Å². The second-order valence-electron chi connectivity index (χ2n) is 11.8. The van der Waals surface area contributed by atoms with Crippen LogP contribution in [0.4, 0.5) is 17.1 Å². The van der Waals surface area contributed by atoms with Crippen molar-refractivity contribution in [3.63, 3.8) is 0 Å². The monoisotopic (exact) mass is 903 g/mol. The Morgan fingerprint density at radius 1 is 0.633 bits per heavy atom. The van der Waals surface area contributed by atoms with Gasteiger partial charge in [-0.2, -0.15) is 10.2 Å². The average Bonchev–Trinajstić information content (AvgIpc) is 3.15. The molecule has 60 heavy (non-hydrogen) atoms. The molecule has 0 radical (unpaired) electrons. The van der Waals surface area contributed by atoms with Crippen LogP contribution in [0.3, 0.4) is 0 Å². The molecule has 25 heteroatoms. The Labute approximate surface area is 408 Å². The molecule has 19 nitrogen and oxygen atoms in total. The van der Waals surface area contributed by atoms with Gasteiger partial charge in [0.15, 0.2) is 0 Å². The fourth-order valence-corrected chi connectivity index (χ4v) is 7.17. The number of benzene rings is 4. The maximum absolute atomic E-state index is 13.7. The molecule has 0 bridgehead atoms. The largest absolute Gasteiger partial charge is 1.00 e. The van der Waals surface area contributed by atoms with Crippen molar-refractivity contribution in [2.75, 3.05) is 30.4 Å². The van der Waals surface area contributed by atoms with Gasteiger partial charge in [0, 0.05) is 40.1 Å². The molecule has 0 spiro atoms. The smallest absolute Gasteiger partial charge is 0.744 e. The summed E-state index contributed by atoms with van der Waals surface area (Å²) in [5, 5.41) is 10.5. The van der Waals surface area contributed by atoms with E-state index in [1.807, 2.05) is 0 Å². The molecule has 6 rings (SSSR count). The van der Waals surface area contributed by atoms with Crippen molar-refractivity contribution < 1.29 is 151 Å². The molecule has 0 saturated heterocycles. The van der Waals surface area contributed by atoms with Gasteiger partial charge in [0.25, 0.3) is 5.91 Å². The van der Waals surface area contributed by atoms with Crippen LogP contribution in [-0.4, -0.2) is 82.0 Å². The summed E-state index contributed by atoms with van der Waals surface area (Å²) in [5.74, 6) is -2.47. The predicted molar refractivity (Wildman–Crippen MR) is 200 cm³/mol. The Balaban J connectivity index is 0.00000320. The molecule has 0 atom stereocenters. The number of Topliss-reactive ketones (excluding diaryl/α,β-unsaturated/α-hetero) is 1. The summed E-state index contributed by atoms with van der Waals surface area (Å²) in [5.41, 5.74) is 4.10. The summed E-state index contributed by atoms with van der Waals surface area (Å²) in [6.07, 6.45) is 3.47. The van der Waals surface area contributed by atoms with Gasteiger partial charge >= 0.3 is 88.7 Å². The fraction of sp³-hybridized carbons (Fsp3) is 0.0571. The zero-order valence-electron chi connectivity index (χ0n) is 32.0. The number of methoxy groups -OCH3 is 2. The van der Waals surface area contributed by atoms with E-state index in [1.165, 1.54) is 62.8 Å². The number of nitrogens with one attached hydrogen (secondary N) is 3. The summed E-state index contributed by atoms with van der Waals surface area (Å²) in [4.78, 5) is 37.2. The van der Waals surface area contributed by atoms with Gasteiger partial charge in [-0.15, -0.1) is 0 Å². The second-order valence-corrected chi connectivity index (χ2v) is 15.9. The van der Waals surface area contributed by atoms with Gasteiger partial charge < -0.3 is 28.4 Å². The number of hydrogen-bond acceptors (Lipinski definition) is 18. The van der Waals surface area contributed by atoms with E-state index in [4.69, 9.17) is 9.47 Å². The molecular formula is C35H24N5Na3O14S3. The molecule has 4 aromatic rings. The van der Waals surface area contributed by atoms with E-state index in [0.29, 0.717) is 5.56 Å². The van der Waals surface area contributed by atoms with Crippen LogP contribution in [0, 0.1) is 0 Å². The van der Waals surface area contributed by atoms with E-state index in [9.17, 15) is 53.3 Å². The molecule has 0 saturated carbocycles. The van der Waals surface area contributed by atoms with Gasteiger partial charge in [0.1, 0.15) is 64.7 Å². The van der Waals surface area contributed by atoms with Crippen molar-refractivity contribution in [1.82, 2.24) is 0 Å². The average molecular weight is 904 g/mol. The quantitative estimate of drug-likeness (QED) is 0.0717. The van der Waals surface area contributed by atoms with Crippen molar-refractivity contribution in [3.05, 3.63) is 112 Å². The zero-order chi connectivity index (χ0) is 41.4. The third-order valence-electron chi connectivity index (χ3n) is 8.31. The third kappa shape index (κ3) is 11.1. The molecule has 2 aliphatic carbocycles. The minimum atomic E-state index is -5.40. The number of ether oxygens (including phenoxy) is 2. The minimum absolute atomic E-state index is 0. The van der Waals surface area contributed by atoms with E-state index >= 15 is 0 Å². The van der Waals surface area contributed by atoms with Gasteiger partial charge in [-0.05, 0) is 60.2 Å². The number of nitrogens with zero attached hydrogens (tertiary/aromatic N) is 2. The number of ketones is 2. The van der Waals surface area contributed by atoms with Crippen LogP contribution >= 0.6 is 0 Å². The fourth-order valence-electron chi connectivity index (χ4n) is 5.57. The summed E-state index contributed by atoms with van der Waals surface area (Å²) >= 11 is 0. The molecule has 4 aromatic carbocycles. The molecule has 294 valence electrons. The number of anilines is 3. The van der Waals surface area contributed by atoms with Crippen molar-refractivity contribution >= 4 is 88.5 Å². The van der Waals surface area contributed by atoms with E-state index in [2.05, 4.69) is 26.4 Å². The predicted octanol–water partition coefficient (Wildman–Crippen LogP) is -6.26.